The van der Waals surface area contributed by atoms with Crippen molar-refractivity contribution in [3.8, 4) is 34.8 Å². The molecule has 4 aromatic rings. The fourth-order valence-corrected chi connectivity index (χ4v) is 3.88. The van der Waals surface area contributed by atoms with Crippen LogP contribution in [0.2, 0.25) is 0 Å². The van der Waals surface area contributed by atoms with Crippen molar-refractivity contribution in [2.24, 2.45) is 0 Å². The summed E-state index contributed by atoms with van der Waals surface area (Å²) in [6.07, 6.45) is 3.09. The summed E-state index contributed by atoms with van der Waals surface area (Å²) in [6.45, 7) is 0.466. The van der Waals surface area contributed by atoms with E-state index in [9.17, 15) is 4.79 Å². The van der Waals surface area contributed by atoms with Gasteiger partial charge in [0.25, 0.3) is 0 Å². The number of hydrogen-bond acceptors (Lipinski definition) is 11. The Labute approximate surface area is 232 Å². The monoisotopic (exact) mass is 546 g/mol. The van der Waals surface area contributed by atoms with Crippen LogP contribution in [-0.2, 0) is 13.2 Å². The van der Waals surface area contributed by atoms with Crippen molar-refractivity contribution in [1.29, 1.82) is 0 Å². The summed E-state index contributed by atoms with van der Waals surface area (Å²) in [4.78, 5) is 26.8. The van der Waals surface area contributed by atoms with Gasteiger partial charge in [-0.25, -0.2) is 4.98 Å². The molecular formula is C29H30N4O7. The molecule has 0 fully saturated rings. The van der Waals surface area contributed by atoms with Crippen molar-refractivity contribution in [2.75, 3.05) is 40.9 Å². The Balaban J connectivity index is 1.69. The third-order valence-electron chi connectivity index (χ3n) is 5.88. The molecule has 2 aromatic carbocycles. The maximum absolute atomic E-state index is 13.7. The van der Waals surface area contributed by atoms with Crippen molar-refractivity contribution in [3.63, 3.8) is 0 Å². The number of ketones is 1. The van der Waals surface area contributed by atoms with Gasteiger partial charge in [-0.05, 0) is 42.0 Å². The lowest BCUT2D eigenvalue weighted by molar-refractivity contribution is 0.103. The van der Waals surface area contributed by atoms with E-state index in [-0.39, 0.29) is 29.8 Å². The fourth-order valence-electron chi connectivity index (χ4n) is 3.88. The highest BCUT2D eigenvalue weighted by Crippen LogP contribution is 2.39. The molecule has 4 rings (SSSR count). The lowest BCUT2D eigenvalue weighted by Gasteiger charge is -2.15. The average Bonchev–Trinajstić information content (AvgIpc) is 3.01. The maximum atomic E-state index is 13.7. The quantitative estimate of drug-likeness (QED) is 0.241. The Hall–Kier alpha value is -5.06. The van der Waals surface area contributed by atoms with Gasteiger partial charge in [-0.2, -0.15) is 4.98 Å². The number of aromatic nitrogens is 3. The number of rotatable bonds is 13. The predicted octanol–water partition coefficient (Wildman–Crippen LogP) is 4.34. The molecule has 2 heterocycles. The van der Waals surface area contributed by atoms with Crippen LogP contribution < -0.4 is 33.7 Å². The molecule has 0 bridgehead atoms. The molecule has 0 amide bonds. The van der Waals surface area contributed by atoms with Gasteiger partial charge in [0.15, 0.2) is 17.3 Å². The van der Waals surface area contributed by atoms with Crippen molar-refractivity contribution < 1.29 is 33.2 Å². The first-order valence-corrected chi connectivity index (χ1v) is 12.2. The van der Waals surface area contributed by atoms with E-state index < -0.39 is 0 Å². The molecule has 0 spiro atoms. The third kappa shape index (κ3) is 6.49. The van der Waals surface area contributed by atoms with E-state index >= 15 is 0 Å². The van der Waals surface area contributed by atoms with Crippen LogP contribution in [-0.4, -0.2) is 56.3 Å². The second-order valence-corrected chi connectivity index (χ2v) is 8.34. The van der Waals surface area contributed by atoms with Gasteiger partial charge in [-0.1, -0.05) is 6.07 Å². The molecule has 2 aromatic heterocycles. The summed E-state index contributed by atoms with van der Waals surface area (Å²) < 4.78 is 32.8. The van der Waals surface area contributed by atoms with Gasteiger partial charge < -0.3 is 33.7 Å². The van der Waals surface area contributed by atoms with Crippen LogP contribution in [0.1, 0.15) is 27.2 Å². The molecule has 0 aliphatic rings. The number of hydrogen-bond donors (Lipinski definition) is 1. The third-order valence-corrected chi connectivity index (χ3v) is 5.88. The van der Waals surface area contributed by atoms with Gasteiger partial charge in [0.2, 0.25) is 5.75 Å². The largest absolute Gasteiger partial charge is 0.497 e. The molecule has 0 aliphatic heterocycles. The normalized spacial score (nSPS) is 10.4. The highest BCUT2D eigenvalue weighted by atomic mass is 16.5. The molecule has 11 heteroatoms. The minimum atomic E-state index is -0.360. The fraction of sp³-hybridized carbons (Fsp3) is 0.241. The number of nitrogens with one attached hydrogen (secondary N) is 1. The van der Waals surface area contributed by atoms with E-state index in [4.69, 9.17) is 28.4 Å². The molecule has 0 saturated heterocycles. The number of anilines is 1. The first kappa shape index (κ1) is 28.0. The zero-order chi connectivity index (χ0) is 28.5. The maximum Gasteiger partial charge on any atom is 0.318 e. The van der Waals surface area contributed by atoms with Crippen LogP contribution in [0.25, 0.3) is 0 Å². The molecular weight excluding hydrogens is 516 g/mol. The van der Waals surface area contributed by atoms with Crippen molar-refractivity contribution in [2.45, 2.75) is 13.2 Å². The number of carbonyl (C=O) groups excluding carboxylic acids is 1. The standard InChI is InChI=1S/C29H30N4O7/c1-35-21-10-18(11-22(14-21)36-2)15-31-28-23(16-32-29(33-28)40-17-20-8-6-7-9-30-20)26(34)19-12-24(37-3)27(39-5)25(13-19)38-4/h6-14,16H,15,17H2,1-5H3,(H,31,32,33). The summed E-state index contributed by atoms with van der Waals surface area (Å²) in [6, 6.07) is 14.2. The summed E-state index contributed by atoms with van der Waals surface area (Å²) >= 11 is 0. The molecule has 0 aliphatic carbocycles. The van der Waals surface area contributed by atoms with Crippen LogP contribution in [0.15, 0.2) is 60.9 Å². The first-order chi connectivity index (χ1) is 19.5. The topological polar surface area (TPSA) is 123 Å². The zero-order valence-corrected chi connectivity index (χ0v) is 22.9. The number of ether oxygens (including phenoxy) is 6. The number of carbonyl (C=O) groups is 1. The average molecular weight is 547 g/mol. The summed E-state index contributed by atoms with van der Waals surface area (Å²) in [5, 5.41) is 3.24. The first-order valence-electron chi connectivity index (χ1n) is 12.2. The Bertz CT molecular complexity index is 1420. The Kier molecular flexibility index (Phi) is 9.19. The van der Waals surface area contributed by atoms with Gasteiger partial charge in [-0.3, -0.25) is 9.78 Å². The van der Waals surface area contributed by atoms with E-state index in [1.807, 2.05) is 30.3 Å². The molecule has 0 radical (unpaired) electrons. The van der Waals surface area contributed by atoms with E-state index in [1.165, 1.54) is 27.5 Å². The minimum Gasteiger partial charge on any atom is -0.497 e. The lowest BCUT2D eigenvalue weighted by Crippen LogP contribution is -2.13. The number of benzene rings is 2. The number of pyridine rings is 1. The lowest BCUT2D eigenvalue weighted by atomic mass is 10.0. The van der Waals surface area contributed by atoms with E-state index in [2.05, 4.69) is 20.3 Å². The van der Waals surface area contributed by atoms with Gasteiger partial charge >= 0.3 is 6.01 Å². The van der Waals surface area contributed by atoms with Crippen LogP contribution in [0.5, 0.6) is 34.8 Å². The zero-order valence-electron chi connectivity index (χ0n) is 22.9. The van der Waals surface area contributed by atoms with Crippen LogP contribution in [0.3, 0.4) is 0 Å². The van der Waals surface area contributed by atoms with Gasteiger partial charge in [0, 0.05) is 30.6 Å². The molecule has 208 valence electrons. The van der Waals surface area contributed by atoms with Crippen LogP contribution in [0.4, 0.5) is 5.82 Å². The molecule has 1 N–H and O–H groups in total. The highest BCUT2D eigenvalue weighted by molar-refractivity contribution is 6.12. The minimum absolute atomic E-state index is 0.0813. The summed E-state index contributed by atoms with van der Waals surface area (Å²) in [5.74, 6) is 2.24. The van der Waals surface area contributed by atoms with Gasteiger partial charge in [0.1, 0.15) is 23.9 Å². The molecule has 0 saturated carbocycles. The van der Waals surface area contributed by atoms with E-state index in [0.29, 0.717) is 46.5 Å². The van der Waals surface area contributed by atoms with Crippen molar-refractivity contribution in [1.82, 2.24) is 15.0 Å². The molecule has 40 heavy (non-hydrogen) atoms. The van der Waals surface area contributed by atoms with E-state index in [1.54, 1.807) is 38.6 Å². The predicted molar refractivity (Wildman–Crippen MR) is 147 cm³/mol. The van der Waals surface area contributed by atoms with Gasteiger partial charge in [-0.15, -0.1) is 0 Å². The number of methoxy groups -OCH3 is 5. The van der Waals surface area contributed by atoms with Crippen LogP contribution in [0, 0.1) is 0 Å². The SMILES string of the molecule is COc1cc(CNc2nc(OCc3ccccn3)ncc2C(=O)c2cc(OC)c(OC)c(OC)c2)cc(OC)c1. The molecule has 0 unspecified atom stereocenters. The second kappa shape index (κ2) is 13.1. The number of nitrogens with zero attached hydrogens (tertiary/aromatic N) is 3. The van der Waals surface area contributed by atoms with Crippen LogP contribution >= 0.6 is 0 Å². The smallest absolute Gasteiger partial charge is 0.318 e. The summed E-state index contributed by atoms with van der Waals surface area (Å²) in [5.41, 5.74) is 2.07. The molecule has 0 atom stereocenters. The Morgan fingerprint density at radius 2 is 1.52 bits per heavy atom. The second-order valence-electron chi connectivity index (χ2n) is 8.34. The van der Waals surface area contributed by atoms with Crippen molar-refractivity contribution in [3.05, 3.63) is 83.3 Å². The highest BCUT2D eigenvalue weighted by Gasteiger charge is 2.22. The van der Waals surface area contributed by atoms with Gasteiger partial charge in [0.05, 0.1) is 46.8 Å². The van der Waals surface area contributed by atoms with E-state index in [0.717, 1.165) is 5.56 Å². The molecule has 11 nitrogen and oxygen atoms in total. The Morgan fingerprint density at radius 1 is 0.825 bits per heavy atom. The van der Waals surface area contributed by atoms with Crippen molar-refractivity contribution >= 4 is 11.6 Å². The summed E-state index contributed by atoms with van der Waals surface area (Å²) in [7, 11) is 7.62. The Morgan fingerprint density at radius 3 is 2.10 bits per heavy atom.